The Morgan fingerprint density at radius 2 is 1.48 bits per heavy atom. The maximum Gasteiger partial charge on any atom is 0.341 e. The summed E-state index contributed by atoms with van der Waals surface area (Å²) in [6.07, 6.45) is 6.33. The van der Waals surface area contributed by atoms with Crippen LogP contribution in [-0.4, -0.2) is 43.8 Å². The monoisotopic (exact) mass is 402 g/mol. The topological polar surface area (TPSA) is 104 Å². The van der Waals surface area contributed by atoms with Crippen LogP contribution >= 0.6 is 0 Å². The van der Waals surface area contributed by atoms with E-state index < -0.39 is 12.6 Å². The van der Waals surface area contributed by atoms with Crippen molar-refractivity contribution in [3.8, 4) is 23.0 Å². The average Bonchev–Trinajstić information content (AvgIpc) is 2.72. The van der Waals surface area contributed by atoms with Gasteiger partial charge in [-0.1, -0.05) is 12.1 Å². The van der Waals surface area contributed by atoms with Crippen LogP contribution in [0.25, 0.3) is 12.2 Å². The van der Waals surface area contributed by atoms with Gasteiger partial charge in [0.15, 0.2) is 29.6 Å². The molecule has 2 aromatic rings. The number of carboxylic acids is 1. The second-order valence-corrected chi connectivity index (χ2v) is 5.58. The predicted molar refractivity (Wildman–Crippen MR) is 106 cm³/mol. The highest BCUT2D eigenvalue weighted by molar-refractivity contribution is 5.68. The highest BCUT2D eigenvalue weighted by Gasteiger charge is 2.07. The Labute approximate surface area is 168 Å². The van der Waals surface area contributed by atoms with E-state index in [2.05, 4.69) is 0 Å². The summed E-state index contributed by atoms with van der Waals surface area (Å²) >= 11 is 0. The number of carboxylic acid groups (broad SMARTS) is 1. The lowest BCUT2D eigenvalue weighted by Gasteiger charge is -2.09. The van der Waals surface area contributed by atoms with Gasteiger partial charge in [0, 0.05) is 0 Å². The summed E-state index contributed by atoms with van der Waals surface area (Å²) in [5.74, 6) is 0.130. The molecule has 2 rings (SSSR count). The van der Waals surface area contributed by atoms with Crippen molar-refractivity contribution < 1.29 is 38.7 Å². The minimum atomic E-state index is -1.07. The minimum absolute atomic E-state index is 0.000834. The van der Waals surface area contributed by atoms with Crippen molar-refractivity contribution in [3.63, 3.8) is 0 Å². The Morgan fingerprint density at radius 1 is 0.897 bits per heavy atom. The van der Waals surface area contributed by atoms with E-state index in [-0.39, 0.29) is 12.5 Å². The lowest BCUT2D eigenvalue weighted by molar-refractivity contribution is -0.139. The summed E-state index contributed by atoms with van der Waals surface area (Å²) in [4.78, 5) is 10.6. The van der Waals surface area contributed by atoms with Gasteiger partial charge in [-0.2, -0.15) is 0 Å². The number of phenolic OH excluding ortho intramolecular Hbond substituents is 1. The smallest absolute Gasteiger partial charge is 0.341 e. The van der Waals surface area contributed by atoms with Gasteiger partial charge in [-0.3, -0.25) is 0 Å². The van der Waals surface area contributed by atoms with Gasteiger partial charge in [-0.25, -0.2) is 4.79 Å². The third-order valence-corrected chi connectivity index (χ3v) is 3.59. The lowest BCUT2D eigenvalue weighted by Crippen LogP contribution is -2.10. The van der Waals surface area contributed by atoms with Gasteiger partial charge in [-0.15, -0.1) is 0 Å². The normalized spacial score (nSPS) is 10.8. The molecular weight excluding hydrogens is 380 g/mol. The van der Waals surface area contributed by atoms with Crippen molar-refractivity contribution >= 4 is 18.1 Å². The zero-order valence-electron chi connectivity index (χ0n) is 16.0. The summed E-state index contributed by atoms with van der Waals surface area (Å²) in [5.41, 5.74) is 1.57. The summed E-state index contributed by atoms with van der Waals surface area (Å²) in [5, 5.41) is 18.2. The van der Waals surface area contributed by atoms with Crippen LogP contribution in [0, 0.1) is 0 Å². The van der Waals surface area contributed by atoms with E-state index in [0.717, 1.165) is 11.1 Å². The fourth-order valence-electron chi connectivity index (χ4n) is 2.22. The molecule has 0 aromatic heterocycles. The Kier molecular flexibility index (Phi) is 8.25. The lowest BCUT2D eigenvalue weighted by atomic mass is 10.2. The van der Waals surface area contributed by atoms with Gasteiger partial charge in [0.1, 0.15) is 0 Å². The number of hydrogen-bond acceptors (Lipinski definition) is 7. The van der Waals surface area contributed by atoms with E-state index in [1.54, 1.807) is 42.5 Å². The molecule has 0 saturated heterocycles. The molecule has 8 nitrogen and oxygen atoms in total. The first-order chi connectivity index (χ1) is 14.0. The van der Waals surface area contributed by atoms with Crippen LogP contribution in [-0.2, 0) is 14.3 Å². The Hall–Kier alpha value is -3.81. The van der Waals surface area contributed by atoms with Gasteiger partial charge >= 0.3 is 5.97 Å². The van der Waals surface area contributed by atoms with Crippen molar-refractivity contribution in [1.29, 1.82) is 0 Å². The molecule has 0 unspecified atom stereocenters. The molecule has 8 heteroatoms. The van der Waals surface area contributed by atoms with E-state index in [0.29, 0.717) is 17.2 Å². The molecule has 0 radical (unpaired) electrons. The SMILES string of the molecule is COc1cc(/C=C/OCO/C=C/c2ccc(OCC(=O)O)c(OC)c2)ccc1O. The first kappa shape index (κ1) is 21.5. The van der Waals surface area contributed by atoms with E-state index in [1.807, 2.05) is 0 Å². The molecule has 0 spiro atoms. The van der Waals surface area contributed by atoms with Gasteiger partial charge in [0.25, 0.3) is 0 Å². The molecule has 0 amide bonds. The number of carbonyl (C=O) groups is 1. The fourth-order valence-corrected chi connectivity index (χ4v) is 2.22. The van der Waals surface area contributed by atoms with Crippen LogP contribution in [0.4, 0.5) is 0 Å². The van der Waals surface area contributed by atoms with Gasteiger partial charge in [-0.05, 0) is 47.5 Å². The molecule has 0 saturated carbocycles. The Morgan fingerprint density at radius 3 is 2.07 bits per heavy atom. The number of ether oxygens (including phenoxy) is 5. The number of methoxy groups -OCH3 is 2. The second kappa shape index (κ2) is 11.1. The molecule has 0 aliphatic carbocycles. The second-order valence-electron chi connectivity index (χ2n) is 5.58. The van der Waals surface area contributed by atoms with Crippen molar-refractivity contribution in [2.24, 2.45) is 0 Å². The Balaban J connectivity index is 1.80. The van der Waals surface area contributed by atoms with E-state index in [1.165, 1.54) is 32.8 Å². The van der Waals surface area contributed by atoms with Gasteiger partial charge < -0.3 is 33.9 Å². The molecule has 0 bridgehead atoms. The van der Waals surface area contributed by atoms with Crippen molar-refractivity contribution in [1.82, 2.24) is 0 Å². The Bertz CT molecular complexity index is 873. The number of aliphatic carboxylic acids is 1. The first-order valence-electron chi connectivity index (χ1n) is 8.49. The number of rotatable bonds is 11. The third kappa shape index (κ3) is 7.02. The molecule has 2 aromatic carbocycles. The molecule has 0 aliphatic heterocycles. The van der Waals surface area contributed by atoms with Gasteiger partial charge in [0.2, 0.25) is 6.79 Å². The van der Waals surface area contributed by atoms with E-state index in [9.17, 15) is 9.90 Å². The fraction of sp³-hybridized carbons (Fsp3) is 0.190. The number of aromatic hydroxyl groups is 1. The first-order valence-corrected chi connectivity index (χ1v) is 8.49. The molecule has 0 atom stereocenters. The van der Waals surface area contributed by atoms with Crippen LogP contribution in [0.1, 0.15) is 11.1 Å². The summed E-state index contributed by atoms with van der Waals surface area (Å²) in [6.45, 7) is -0.449. The van der Waals surface area contributed by atoms with Gasteiger partial charge in [0.05, 0.1) is 26.7 Å². The molecule has 0 aliphatic rings. The molecule has 29 heavy (non-hydrogen) atoms. The maximum atomic E-state index is 10.6. The van der Waals surface area contributed by atoms with Crippen molar-refractivity contribution in [2.75, 3.05) is 27.6 Å². The van der Waals surface area contributed by atoms with Crippen LogP contribution < -0.4 is 14.2 Å². The molecule has 2 N–H and O–H groups in total. The van der Waals surface area contributed by atoms with Crippen molar-refractivity contribution in [3.05, 3.63) is 60.0 Å². The largest absolute Gasteiger partial charge is 0.504 e. The van der Waals surface area contributed by atoms with Crippen LogP contribution in [0.15, 0.2) is 48.9 Å². The molecular formula is C21H22O8. The number of hydrogen-bond donors (Lipinski definition) is 2. The van der Waals surface area contributed by atoms with Crippen LogP contribution in [0.3, 0.4) is 0 Å². The minimum Gasteiger partial charge on any atom is -0.504 e. The highest BCUT2D eigenvalue weighted by Crippen LogP contribution is 2.28. The summed E-state index contributed by atoms with van der Waals surface area (Å²) in [6, 6.07) is 9.97. The zero-order chi connectivity index (χ0) is 21.1. The average molecular weight is 402 g/mol. The quantitative estimate of drug-likeness (QED) is 0.334. The van der Waals surface area contributed by atoms with E-state index in [4.69, 9.17) is 28.8 Å². The van der Waals surface area contributed by atoms with Crippen LogP contribution in [0.2, 0.25) is 0 Å². The maximum absolute atomic E-state index is 10.6. The molecule has 0 fully saturated rings. The molecule has 0 heterocycles. The molecule has 154 valence electrons. The van der Waals surface area contributed by atoms with Crippen molar-refractivity contribution in [2.45, 2.75) is 0 Å². The summed E-state index contributed by atoms with van der Waals surface area (Å²) in [7, 11) is 2.95. The highest BCUT2D eigenvalue weighted by atomic mass is 16.7. The zero-order valence-corrected chi connectivity index (χ0v) is 16.0. The van der Waals surface area contributed by atoms with E-state index >= 15 is 0 Å². The predicted octanol–water partition coefficient (Wildman–Crippen LogP) is 3.51. The third-order valence-electron chi connectivity index (χ3n) is 3.59. The number of phenols is 1. The summed E-state index contributed by atoms with van der Waals surface area (Å²) < 4.78 is 25.9. The van der Waals surface area contributed by atoms with Crippen LogP contribution in [0.5, 0.6) is 23.0 Å². The number of benzene rings is 2. The standard InChI is InChI=1S/C21H22O8/c1-25-19-11-15(3-5-17(19)22)7-9-27-14-28-10-8-16-4-6-18(20(12-16)26-2)29-13-21(23)24/h3-12,22H,13-14H2,1-2H3,(H,23,24)/b9-7+,10-8+.